The molecule has 0 saturated heterocycles. The van der Waals surface area contributed by atoms with Gasteiger partial charge in [-0.1, -0.05) is 15.9 Å². The standard InChI is InChI=1S/C15H14Br2N2O4S/c1-22-14-8-10(7-13(17)15(14)23-2)9-18-19-24(20,21)12-5-3-11(16)4-6-12/h3-9,19H,1-2H3/b18-9-. The van der Waals surface area contributed by atoms with E-state index in [4.69, 9.17) is 9.47 Å². The Morgan fingerprint density at radius 3 is 2.33 bits per heavy atom. The molecule has 0 aliphatic carbocycles. The number of hydrazone groups is 1. The second kappa shape index (κ2) is 8.00. The largest absolute Gasteiger partial charge is 0.493 e. The number of hydrogen-bond donors (Lipinski definition) is 1. The Labute approximate surface area is 157 Å². The van der Waals surface area contributed by atoms with E-state index in [1.54, 1.807) is 24.3 Å². The fourth-order valence-electron chi connectivity index (χ4n) is 1.85. The molecule has 24 heavy (non-hydrogen) atoms. The molecule has 9 heteroatoms. The lowest BCUT2D eigenvalue weighted by atomic mass is 10.2. The minimum absolute atomic E-state index is 0.122. The lowest BCUT2D eigenvalue weighted by molar-refractivity contribution is 0.353. The minimum Gasteiger partial charge on any atom is -0.493 e. The summed E-state index contributed by atoms with van der Waals surface area (Å²) in [7, 11) is -0.676. The predicted molar refractivity (Wildman–Crippen MR) is 99.3 cm³/mol. The van der Waals surface area contributed by atoms with E-state index in [0.29, 0.717) is 21.5 Å². The highest BCUT2D eigenvalue weighted by Gasteiger charge is 2.13. The Morgan fingerprint density at radius 1 is 1.08 bits per heavy atom. The van der Waals surface area contributed by atoms with Crippen LogP contribution in [0.2, 0.25) is 0 Å². The number of rotatable bonds is 6. The number of benzene rings is 2. The SMILES string of the molecule is COc1cc(/C=N\NS(=O)(=O)c2ccc(Br)cc2)cc(Br)c1OC. The molecule has 0 saturated carbocycles. The molecule has 0 aromatic heterocycles. The molecule has 0 unspecified atom stereocenters. The van der Waals surface area contributed by atoms with Gasteiger partial charge in [-0.05, 0) is 57.9 Å². The van der Waals surface area contributed by atoms with Crippen LogP contribution in [0.3, 0.4) is 0 Å². The van der Waals surface area contributed by atoms with Crippen LogP contribution in [-0.4, -0.2) is 28.9 Å². The second-order valence-corrected chi connectivity index (χ2v) is 7.98. The number of sulfonamides is 1. The van der Waals surface area contributed by atoms with Crippen molar-refractivity contribution in [3.63, 3.8) is 0 Å². The Kier molecular flexibility index (Phi) is 6.25. The van der Waals surface area contributed by atoms with Gasteiger partial charge in [0.25, 0.3) is 10.0 Å². The molecule has 0 spiro atoms. The Balaban J connectivity index is 2.19. The van der Waals surface area contributed by atoms with Crippen LogP contribution in [0.5, 0.6) is 11.5 Å². The molecule has 0 amide bonds. The van der Waals surface area contributed by atoms with Gasteiger partial charge in [-0.3, -0.25) is 0 Å². The quantitative estimate of drug-likeness (QED) is 0.509. The Morgan fingerprint density at radius 2 is 1.75 bits per heavy atom. The summed E-state index contributed by atoms with van der Waals surface area (Å²) in [5.74, 6) is 1.05. The summed E-state index contributed by atoms with van der Waals surface area (Å²) in [6.07, 6.45) is 1.38. The number of nitrogens with one attached hydrogen (secondary N) is 1. The molecule has 2 aromatic rings. The van der Waals surface area contributed by atoms with Gasteiger partial charge >= 0.3 is 0 Å². The number of hydrogen-bond acceptors (Lipinski definition) is 5. The Hall–Kier alpha value is -1.58. The fourth-order valence-corrected chi connectivity index (χ4v) is 3.53. The summed E-state index contributed by atoms with van der Waals surface area (Å²) in [5, 5.41) is 3.79. The van der Waals surface area contributed by atoms with Crippen molar-refractivity contribution in [2.75, 3.05) is 14.2 Å². The molecule has 0 radical (unpaired) electrons. The van der Waals surface area contributed by atoms with E-state index in [1.807, 2.05) is 0 Å². The van der Waals surface area contributed by atoms with Gasteiger partial charge < -0.3 is 9.47 Å². The third-order valence-corrected chi connectivity index (χ3v) is 5.32. The van der Waals surface area contributed by atoms with Crippen LogP contribution < -0.4 is 14.3 Å². The molecule has 128 valence electrons. The molecule has 0 aliphatic rings. The third kappa shape index (κ3) is 4.49. The van der Waals surface area contributed by atoms with Crippen LogP contribution in [0.15, 0.2) is 55.3 Å². The lowest BCUT2D eigenvalue weighted by Crippen LogP contribution is -2.18. The highest BCUT2D eigenvalue weighted by atomic mass is 79.9. The topological polar surface area (TPSA) is 77.0 Å². The first-order valence-electron chi connectivity index (χ1n) is 6.59. The van der Waals surface area contributed by atoms with Crippen LogP contribution in [0.4, 0.5) is 0 Å². The van der Waals surface area contributed by atoms with Crippen molar-refractivity contribution in [2.24, 2.45) is 5.10 Å². The molecule has 0 bridgehead atoms. The summed E-state index contributed by atoms with van der Waals surface area (Å²) >= 11 is 6.62. The van der Waals surface area contributed by atoms with E-state index in [2.05, 4.69) is 41.8 Å². The van der Waals surface area contributed by atoms with Crippen molar-refractivity contribution >= 4 is 48.1 Å². The number of methoxy groups -OCH3 is 2. The van der Waals surface area contributed by atoms with Gasteiger partial charge in [0, 0.05) is 4.47 Å². The zero-order valence-corrected chi connectivity index (χ0v) is 16.8. The van der Waals surface area contributed by atoms with Gasteiger partial charge in [0.2, 0.25) is 0 Å². The second-order valence-electron chi connectivity index (χ2n) is 4.55. The molecule has 0 atom stereocenters. The third-order valence-electron chi connectivity index (χ3n) is 2.97. The van der Waals surface area contributed by atoms with Crippen molar-refractivity contribution < 1.29 is 17.9 Å². The van der Waals surface area contributed by atoms with Crippen LogP contribution in [0, 0.1) is 0 Å². The molecule has 2 aromatic carbocycles. The maximum atomic E-state index is 12.1. The van der Waals surface area contributed by atoms with Crippen molar-refractivity contribution in [3.05, 3.63) is 50.9 Å². The van der Waals surface area contributed by atoms with E-state index in [9.17, 15) is 8.42 Å². The number of halogens is 2. The average molecular weight is 478 g/mol. The zero-order chi connectivity index (χ0) is 17.7. The van der Waals surface area contributed by atoms with Crippen LogP contribution >= 0.6 is 31.9 Å². The maximum absolute atomic E-state index is 12.1. The van der Waals surface area contributed by atoms with E-state index in [-0.39, 0.29) is 4.90 Å². The van der Waals surface area contributed by atoms with E-state index in [1.165, 1.54) is 32.6 Å². The molecule has 0 fully saturated rings. The number of nitrogens with zero attached hydrogens (tertiary/aromatic N) is 1. The van der Waals surface area contributed by atoms with Crippen LogP contribution in [0.1, 0.15) is 5.56 Å². The normalized spacial score (nSPS) is 11.5. The van der Waals surface area contributed by atoms with Crippen LogP contribution in [-0.2, 0) is 10.0 Å². The summed E-state index contributed by atoms with van der Waals surface area (Å²) in [4.78, 5) is 2.29. The maximum Gasteiger partial charge on any atom is 0.276 e. The smallest absolute Gasteiger partial charge is 0.276 e. The van der Waals surface area contributed by atoms with Crippen molar-refractivity contribution in [3.8, 4) is 11.5 Å². The molecule has 6 nitrogen and oxygen atoms in total. The summed E-state index contributed by atoms with van der Waals surface area (Å²) in [6, 6.07) is 9.66. The molecule has 0 heterocycles. The van der Waals surface area contributed by atoms with E-state index < -0.39 is 10.0 Å². The monoisotopic (exact) mass is 476 g/mol. The van der Waals surface area contributed by atoms with E-state index in [0.717, 1.165) is 4.47 Å². The first-order valence-corrected chi connectivity index (χ1v) is 9.66. The predicted octanol–water partition coefficient (Wildman–Crippen LogP) is 3.54. The highest BCUT2D eigenvalue weighted by Crippen LogP contribution is 2.35. The van der Waals surface area contributed by atoms with Crippen molar-refractivity contribution in [2.45, 2.75) is 4.90 Å². The van der Waals surface area contributed by atoms with E-state index >= 15 is 0 Å². The first-order chi connectivity index (χ1) is 11.4. The zero-order valence-electron chi connectivity index (χ0n) is 12.8. The van der Waals surface area contributed by atoms with Gasteiger partial charge in [0.15, 0.2) is 11.5 Å². The van der Waals surface area contributed by atoms with Gasteiger partial charge in [-0.2, -0.15) is 13.5 Å². The van der Waals surface area contributed by atoms with Gasteiger partial charge in [-0.15, -0.1) is 0 Å². The highest BCUT2D eigenvalue weighted by molar-refractivity contribution is 9.10. The molecular weight excluding hydrogens is 464 g/mol. The molecular formula is C15H14Br2N2O4S. The summed E-state index contributed by atoms with van der Waals surface area (Å²) < 4.78 is 36.2. The van der Waals surface area contributed by atoms with Crippen LogP contribution in [0.25, 0.3) is 0 Å². The fraction of sp³-hybridized carbons (Fsp3) is 0.133. The molecule has 1 N–H and O–H groups in total. The number of ether oxygens (including phenoxy) is 2. The lowest BCUT2D eigenvalue weighted by Gasteiger charge is -2.10. The average Bonchev–Trinajstić information content (AvgIpc) is 2.54. The molecule has 2 rings (SSSR count). The van der Waals surface area contributed by atoms with Crippen molar-refractivity contribution in [1.29, 1.82) is 0 Å². The van der Waals surface area contributed by atoms with Gasteiger partial charge in [0.1, 0.15) is 0 Å². The first kappa shape index (κ1) is 18.8. The molecule has 0 aliphatic heterocycles. The summed E-state index contributed by atoms with van der Waals surface area (Å²) in [6.45, 7) is 0. The van der Waals surface area contributed by atoms with Gasteiger partial charge in [-0.25, -0.2) is 4.83 Å². The van der Waals surface area contributed by atoms with Crippen molar-refractivity contribution in [1.82, 2.24) is 4.83 Å². The van der Waals surface area contributed by atoms with Gasteiger partial charge in [0.05, 0.1) is 29.8 Å². The Bertz CT molecular complexity index is 853. The summed E-state index contributed by atoms with van der Waals surface area (Å²) in [5.41, 5.74) is 0.637. The minimum atomic E-state index is -3.72.